The van der Waals surface area contributed by atoms with E-state index in [1.165, 1.54) is 0 Å². The van der Waals surface area contributed by atoms with Crippen molar-refractivity contribution < 1.29 is 45.7 Å². The summed E-state index contributed by atoms with van der Waals surface area (Å²) in [5, 5.41) is 8.77. The number of hydrogen-bond acceptors (Lipinski definition) is 4. The van der Waals surface area contributed by atoms with Crippen LogP contribution in [0.4, 0.5) is 26.3 Å². The number of hydrogen-bond donors (Lipinski definition) is 1. The Kier molecular flexibility index (Phi) is 6.17. The average molecular weight is 374 g/mol. The van der Waals surface area contributed by atoms with Crippen LogP contribution in [-0.4, -0.2) is 55.8 Å². The van der Waals surface area contributed by atoms with Gasteiger partial charge in [-0.2, -0.15) is 22.0 Å². The molecule has 2 aliphatic rings. The van der Waals surface area contributed by atoms with Gasteiger partial charge in [-0.15, -0.1) is 0 Å². The van der Waals surface area contributed by atoms with Crippen LogP contribution in [0.5, 0.6) is 5.75 Å². The molecule has 2 fully saturated rings. The lowest BCUT2D eigenvalue weighted by atomic mass is 10.0. The van der Waals surface area contributed by atoms with E-state index < -0.39 is 23.8 Å². The van der Waals surface area contributed by atoms with Gasteiger partial charge in [-0.25, -0.2) is 4.39 Å². The zero-order valence-electron chi connectivity index (χ0n) is 12.8. The number of benzene rings is 1. The number of ether oxygens (including phenoxy) is 3. The summed E-state index contributed by atoms with van der Waals surface area (Å²) >= 11 is 0. The summed E-state index contributed by atoms with van der Waals surface area (Å²) in [7, 11) is 0. The normalized spacial score (nSPS) is 23.4. The van der Waals surface area contributed by atoms with Crippen molar-refractivity contribution >= 4 is 0 Å². The summed E-state index contributed by atoms with van der Waals surface area (Å²) in [5.74, 6) is -5.81. The molecule has 0 bridgehead atoms. The molecular weight excluding hydrogens is 358 g/mol. The molecule has 0 aromatic heterocycles. The Labute approximate surface area is 139 Å². The Balaban J connectivity index is 0.000000208. The van der Waals surface area contributed by atoms with Crippen LogP contribution in [-0.2, 0) is 14.2 Å². The molecule has 1 aromatic rings. The molecule has 142 valence electrons. The highest BCUT2D eigenvalue weighted by atomic mass is 19.4. The van der Waals surface area contributed by atoms with Crippen LogP contribution in [0.1, 0.15) is 11.7 Å². The molecule has 2 aliphatic heterocycles. The van der Waals surface area contributed by atoms with Crippen LogP contribution >= 0.6 is 0 Å². The molecule has 3 atom stereocenters. The van der Waals surface area contributed by atoms with Gasteiger partial charge in [-0.1, -0.05) is 12.1 Å². The molecular formula is C15H16F6O4. The first kappa shape index (κ1) is 19.8. The van der Waals surface area contributed by atoms with Gasteiger partial charge in [0.15, 0.2) is 6.17 Å². The van der Waals surface area contributed by atoms with E-state index in [1.54, 1.807) is 0 Å². The molecule has 0 aliphatic carbocycles. The van der Waals surface area contributed by atoms with E-state index in [2.05, 4.69) is 0 Å². The van der Waals surface area contributed by atoms with Crippen molar-refractivity contribution in [3.05, 3.63) is 29.8 Å². The van der Waals surface area contributed by atoms with Crippen molar-refractivity contribution in [2.75, 3.05) is 26.4 Å². The van der Waals surface area contributed by atoms with Crippen molar-refractivity contribution in [3.8, 4) is 5.75 Å². The van der Waals surface area contributed by atoms with E-state index in [4.69, 9.17) is 19.3 Å². The fourth-order valence-electron chi connectivity index (χ4n) is 1.66. The minimum atomic E-state index is -5.95. The van der Waals surface area contributed by atoms with Gasteiger partial charge in [0.05, 0.1) is 26.4 Å². The Bertz CT molecular complexity index is 528. The number of alkyl halides is 6. The highest BCUT2D eigenvalue weighted by Crippen LogP contribution is 2.46. The van der Waals surface area contributed by atoms with Gasteiger partial charge in [0.2, 0.25) is 0 Å². The third-order valence-electron chi connectivity index (χ3n) is 3.29. The first-order valence-electron chi connectivity index (χ1n) is 7.29. The molecule has 0 spiro atoms. The lowest BCUT2D eigenvalue weighted by molar-refractivity contribution is -0.305. The molecule has 4 nitrogen and oxygen atoms in total. The smallest absolute Gasteiger partial charge is 0.456 e. The maximum atomic E-state index is 13.0. The monoisotopic (exact) mass is 374 g/mol. The highest BCUT2D eigenvalue weighted by molar-refractivity contribution is 5.28. The summed E-state index contributed by atoms with van der Waals surface area (Å²) in [4.78, 5) is 0. The molecule has 1 aromatic carbocycles. The first-order valence-corrected chi connectivity index (χ1v) is 7.29. The maximum Gasteiger partial charge on any atom is 0.456 e. The van der Waals surface area contributed by atoms with Gasteiger partial charge in [0.1, 0.15) is 18.0 Å². The standard InChI is InChI=1S/C9H6F6O.C6H10O3/c10-7(8(11,12)9(13,14)15)5-1-3-6(16)4-2-5;1(5-3-8-5)7-2-6-4-9-6/h1-4,7,16H;5-6H,1-4H2. The largest absolute Gasteiger partial charge is 0.508 e. The molecule has 0 amide bonds. The first-order chi connectivity index (χ1) is 11.6. The fraction of sp³-hybridized carbons (Fsp3) is 0.600. The third kappa shape index (κ3) is 6.05. The summed E-state index contributed by atoms with van der Waals surface area (Å²) in [6.07, 6.45) is -8.66. The average Bonchev–Trinajstić information content (AvgIpc) is 3.42. The maximum absolute atomic E-state index is 13.0. The van der Waals surface area contributed by atoms with Gasteiger partial charge in [-0.3, -0.25) is 0 Å². The Morgan fingerprint density at radius 3 is 1.80 bits per heavy atom. The topological polar surface area (TPSA) is 54.5 Å². The number of rotatable bonds is 6. The van der Waals surface area contributed by atoms with Crippen LogP contribution in [0.2, 0.25) is 0 Å². The van der Waals surface area contributed by atoms with Gasteiger partial charge < -0.3 is 19.3 Å². The Hall–Kier alpha value is -1.52. The van der Waals surface area contributed by atoms with Crippen molar-refractivity contribution in [2.24, 2.45) is 0 Å². The van der Waals surface area contributed by atoms with Crippen LogP contribution in [0.3, 0.4) is 0 Å². The second kappa shape index (κ2) is 7.79. The molecule has 25 heavy (non-hydrogen) atoms. The highest BCUT2D eigenvalue weighted by Gasteiger charge is 2.63. The molecule has 10 heteroatoms. The Morgan fingerprint density at radius 2 is 1.44 bits per heavy atom. The summed E-state index contributed by atoms with van der Waals surface area (Å²) in [6.45, 7) is 3.26. The van der Waals surface area contributed by atoms with Crippen molar-refractivity contribution in [2.45, 2.75) is 30.5 Å². The molecule has 3 unspecified atom stereocenters. The minimum absolute atomic E-state index is 0.355. The van der Waals surface area contributed by atoms with E-state index in [0.29, 0.717) is 24.3 Å². The molecule has 3 rings (SSSR count). The number of aromatic hydroxyl groups is 1. The van der Waals surface area contributed by atoms with Crippen LogP contribution in [0, 0.1) is 0 Å². The zero-order chi connectivity index (χ0) is 18.7. The quantitative estimate of drug-likeness (QED) is 0.613. The lowest BCUT2D eigenvalue weighted by Crippen LogP contribution is -2.40. The second-order valence-electron chi connectivity index (χ2n) is 5.52. The number of phenols is 1. The molecule has 1 N–H and O–H groups in total. The zero-order valence-corrected chi connectivity index (χ0v) is 12.8. The Morgan fingerprint density at radius 1 is 1.00 bits per heavy atom. The number of halogens is 6. The van der Waals surface area contributed by atoms with Crippen molar-refractivity contribution in [1.82, 2.24) is 0 Å². The lowest BCUT2D eigenvalue weighted by Gasteiger charge is -2.23. The van der Waals surface area contributed by atoms with Crippen molar-refractivity contribution in [3.63, 3.8) is 0 Å². The van der Waals surface area contributed by atoms with Gasteiger partial charge >= 0.3 is 12.1 Å². The molecule has 0 saturated carbocycles. The predicted octanol–water partition coefficient (Wildman–Crippen LogP) is 3.40. The second-order valence-corrected chi connectivity index (χ2v) is 5.52. The van der Waals surface area contributed by atoms with Crippen LogP contribution in [0.15, 0.2) is 24.3 Å². The number of phenolic OH excluding ortho intramolecular Hbond substituents is 1. The third-order valence-corrected chi connectivity index (χ3v) is 3.29. The van der Waals surface area contributed by atoms with E-state index >= 15 is 0 Å². The van der Waals surface area contributed by atoms with Gasteiger partial charge in [0.25, 0.3) is 0 Å². The van der Waals surface area contributed by atoms with Gasteiger partial charge in [0, 0.05) is 0 Å². The molecule has 0 radical (unpaired) electrons. The summed E-state index contributed by atoms with van der Waals surface area (Å²) in [5.41, 5.74) is -0.847. The number of epoxide rings is 2. The summed E-state index contributed by atoms with van der Waals surface area (Å²) < 4.78 is 88.6. The molecule has 2 heterocycles. The SMILES string of the molecule is C(OCC1CO1)C1CO1.Oc1ccc(C(F)C(F)(F)C(F)(F)F)cc1. The van der Waals surface area contributed by atoms with Crippen LogP contribution < -0.4 is 0 Å². The van der Waals surface area contributed by atoms with E-state index in [9.17, 15) is 26.3 Å². The predicted molar refractivity (Wildman–Crippen MR) is 73.3 cm³/mol. The summed E-state index contributed by atoms with van der Waals surface area (Å²) in [6, 6.07) is 2.99. The van der Waals surface area contributed by atoms with Crippen LogP contribution in [0.25, 0.3) is 0 Å². The van der Waals surface area contributed by atoms with Crippen molar-refractivity contribution in [1.29, 1.82) is 0 Å². The minimum Gasteiger partial charge on any atom is -0.508 e. The van der Waals surface area contributed by atoms with E-state index in [0.717, 1.165) is 38.6 Å². The van der Waals surface area contributed by atoms with E-state index in [-0.39, 0.29) is 5.75 Å². The van der Waals surface area contributed by atoms with E-state index in [1.807, 2.05) is 0 Å². The van der Waals surface area contributed by atoms with Gasteiger partial charge in [-0.05, 0) is 17.7 Å². The fourth-order valence-corrected chi connectivity index (χ4v) is 1.66. The molecule has 2 saturated heterocycles.